The molecule has 1 amide bonds. The van der Waals surface area contributed by atoms with Crippen molar-refractivity contribution < 1.29 is 4.79 Å². The van der Waals surface area contributed by atoms with E-state index in [0.29, 0.717) is 19.9 Å². The van der Waals surface area contributed by atoms with E-state index in [4.69, 9.17) is 34.8 Å². The number of nitrogens with one attached hydrogen (secondary N) is 1. The lowest BCUT2D eigenvalue weighted by atomic mass is 10.0. The van der Waals surface area contributed by atoms with Gasteiger partial charge in [0.15, 0.2) is 0 Å². The minimum absolute atomic E-state index is 0.174. The van der Waals surface area contributed by atoms with Gasteiger partial charge in [0.2, 0.25) is 0 Å². The van der Waals surface area contributed by atoms with Gasteiger partial charge in [-0.3, -0.25) is 10.2 Å². The van der Waals surface area contributed by atoms with Crippen LogP contribution in [0.3, 0.4) is 0 Å². The quantitative estimate of drug-likeness (QED) is 0.501. The summed E-state index contributed by atoms with van der Waals surface area (Å²) in [6.07, 6.45) is 0. The lowest BCUT2D eigenvalue weighted by Gasteiger charge is -2.10. The summed E-state index contributed by atoms with van der Waals surface area (Å²) in [6.45, 7) is 0. The van der Waals surface area contributed by atoms with Crippen LogP contribution in [0.1, 0.15) is 9.67 Å². The van der Waals surface area contributed by atoms with E-state index < -0.39 is 0 Å². The van der Waals surface area contributed by atoms with Crippen molar-refractivity contribution in [2.45, 2.75) is 0 Å². The molecule has 0 unspecified atom stereocenters. The van der Waals surface area contributed by atoms with E-state index in [0.717, 1.165) is 21.6 Å². The van der Waals surface area contributed by atoms with Crippen molar-refractivity contribution in [3.63, 3.8) is 0 Å². The van der Waals surface area contributed by atoms with Gasteiger partial charge in [0.1, 0.15) is 0 Å². The van der Waals surface area contributed by atoms with Crippen molar-refractivity contribution in [3.05, 3.63) is 68.5 Å². The van der Waals surface area contributed by atoms with Crippen LogP contribution in [0, 0.1) is 0 Å². The SMILES string of the molecule is CN(C)NC(=O)c1cc(-c2ccc(Cl)cc2)c(-c2ccc(Cl)cc2Cl)s1. The van der Waals surface area contributed by atoms with Gasteiger partial charge >= 0.3 is 0 Å². The fraction of sp³-hybridized carbons (Fsp3) is 0.105. The minimum atomic E-state index is -0.174. The average Bonchev–Trinajstić information content (AvgIpc) is 3.00. The topological polar surface area (TPSA) is 32.3 Å². The number of carbonyl (C=O) groups excluding carboxylic acids is 1. The van der Waals surface area contributed by atoms with E-state index in [9.17, 15) is 4.79 Å². The third-order valence-corrected chi connectivity index (χ3v) is 5.58. The largest absolute Gasteiger partial charge is 0.285 e. The average molecular weight is 426 g/mol. The Hall–Kier alpha value is -1.56. The van der Waals surface area contributed by atoms with Crippen molar-refractivity contribution in [1.29, 1.82) is 0 Å². The number of hydrogen-bond acceptors (Lipinski definition) is 3. The molecule has 26 heavy (non-hydrogen) atoms. The number of amides is 1. The Kier molecular flexibility index (Phi) is 5.90. The van der Waals surface area contributed by atoms with Gasteiger partial charge in [-0.25, -0.2) is 5.01 Å². The van der Waals surface area contributed by atoms with Crippen LogP contribution in [0.2, 0.25) is 15.1 Å². The molecule has 0 saturated carbocycles. The number of hydrazine groups is 1. The van der Waals surface area contributed by atoms with Crippen molar-refractivity contribution in [3.8, 4) is 21.6 Å². The Balaban J connectivity index is 2.15. The van der Waals surface area contributed by atoms with E-state index in [1.165, 1.54) is 11.3 Å². The lowest BCUT2D eigenvalue weighted by molar-refractivity contribution is 0.0861. The lowest BCUT2D eigenvalue weighted by Crippen LogP contribution is -2.35. The van der Waals surface area contributed by atoms with E-state index in [1.54, 1.807) is 31.2 Å². The Morgan fingerprint density at radius 1 is 0.923 bits per heavy atom. The van der Waals surface area contributed by atoms with Crippen LogP contribution >= 0.6 is 46.1 Å². The molecule has 0 bridgehead atoms. The van der Waals surface area contributed by atoms with Gasteiger partial charge in [0.25, 0.3) is 5.91 Å². The molecule has 1 heterocycles. The molecular formula is C19H15Cl3N2OS. The zero-order valence-corrected chi connectivity index (χ0v) is 17.1. The summed E-state index contributed by atoms with van der Waals surface area (Å²) in [5.74, 6) is -0.174. The highest BCUT2D eigenvalue weighted by Gasteiger charge is 2.19. The third-order valence-electron chi connectivity index (χ3n) is 3.61. The monoisotopic (exact) mass is 424 g/mol. The van der Waals surface area contributed by atoms with Gasteiger partial charge in [-0.15, -0.1) is 11.3 Å². The standard InChI is InChI=1S/C19H15Cl3N2OS/c1-24(2)23-19(25)17-10-15(11-3-5-12(20)6-4-11)18(26-17)14-8-7-13(21)9-16(14)22/h3-10H,1-2H3,(H,23,25). The van der Waals surface area contributed by atoms with Gasteiger partial charge in [0, 0.05) is 40.1 Å². The number of carbonyl (C=O) groups is 1. The van der Waals surface area contributed by atoms with Crippen LogP contribution in [0.4, 0.5) is 0 Å². The van der Waals surface area contributed by atoms with Crippen molar-refractivity contribution in [1.82, 2.24) is 10.4 Å². The molecule has 0 aliphatic carbocycles. The van der Waals surface area contributed by atoms with E-state index in [1.807, 2.05) is 36.4 Å². The van der Waals surface area contributed by atoms with Crippen LogP contribution in [-0.2, 0) is 0 Å². The first-order chi connectivity index (χ1) is 12.3. The minimum Gasteiger partial charge on any atom is -0.285 e. The number of nitrogens with zero attached hydrogens (tertiary/aromatic N) is 1. The fourth-order valence-corrected chi connectivity index (χ4v) is 4.27. The second-order valence-electron chi connectivity index (χ2n) is 5.82. The molecule has 3 rings (SSSR count). The van der Waals surface area contributed by atoms with Crippen LogP contribution in [0.25, 0.3) is 21.6 Å². The summed E-state index contributed by atoms with van der Waals surface area (Å²) in [5.41, 5.74) is 5.46. The Bertz CT molecular complexity index is 952. The molecule has 0 atom stereocenters. The van der Waals surface area contributed by atoms with Crippen LogP contribution in [0.15, 0.2) is 48.5 Å². The Labute approximate surface area is 171 Å². The van der Waals surface area contributed by atoms with Gasteiger partial charge in [0.05, 0.1) is 9.90 Å². The van der Waals surface area contributed by atoms with Crippen LogP contribution in [-0.4, -0.2) is 25.0 Å². The summed E-state index contributed by atoms with van der Waals surface area (Å²) in [5, 5.41) is 3.36. The van der Waals surface area contributed by atoms with Gasteiger partial charge in [-0.05, 0) is 35.9 Å². The van der Waals surface area contributed by atoms with Crippen molar-refractivity contribution in [2.75, 3.05) is 14.1 Å². The zero-order chi connectivity index (χ0) is 18.8. The maximum atomic E-state index is 12.5. The molecule has 134 valence electrons. The highest BCUT2D eigenvalue weighted by Crippen LogP contribution is 2.43. The van der Waals surface area contributed by atoms with Crippen LogP contribution < -0.4 is 5.43 Å². The first-order valence-electron chi connectivity index (χ1n) is 7.68. The van der Waals surface area contributed by atoms with Crippen LogP contribution in [0.5, 0.6) is 0 Å². The number of halogens is 3. The number of rotatable bonds is 4. The zero-order valence-electron chi connectivity index (χ0n) is 14.0. The summed E-state index contributed by atoms with van der Waals surface area (Å²) in [6, 6.07) is 14.7. The van der Waals surface area contributed by atoms with E-state index in [2.05, 4.69) is 5.43 Å². The summed E-state index contributed by atoms with van der Waals surface area (Å²) in [7, 11) is 3.53. The molecule has 0 radical (unpaired) electrons. The molecule has 0 saturated heterocycles. The van der Waals surface area contributed by atoms with Gasteiger partial charge < -0.3 is 0 Å². The second kappa shape index (κ2) is 7.99. The first kappa shape index (κ1) is 19.2. The predicted octanol–water partition coefficient (Wildman–Crippen LogP) is 6.25. The summed E-state index contributed by atoms with van der Waals surface area (Å²) in [4.78, 5) is 13.9. The molecule has 0 aliphatic heterocycles. The summed E-state index contributed by atoms with van der Waals surface area (Å²) < 4.78 is 0. The maximum Gasteiger partial charge on any atom is 0.275 e. The molecule has 0 aliphatic rings. The molecule has 0 spiro atoms. The third kappa shape index (κ3) is 4.22. The molecule has 1 N–H and O–H groups in total. The van der Waals surface area contributed by atoms with Gasteiger partial charge in [-0.1, -0.05) is 53.0 Å². The molecule has 7 heteroatoms. The fourth-order valence-electron chi connectivity index (χ4n) is 2.48. The first-order valence-corrected chi connectivity index (χ1v) is 9.63. The smallest absolute Gasteiger partial charge is 0.275 e. The molecule has 2 aromatic carbocycles. The van der Waals surface area contributed by atoms with Crippen molar-refractivity contribution in [2.24, 2.45) is 0 Å². The molecule has 0 fully saturated rings. The Morgan fingerprint density at radius 3 is 2.19 bits per heavy atom. The second-order valence-corrected chi connectivity index (χ2v) is 8.15. The van der Waals surface area contributed by atoms with Gasteiger partial charge in [-0.2, -0.15) is 0 Å². The normalized spacial score (nSPS) is 11.0. The molecular weight excluding hydrogens is 411 g/mol. The number of thiophene rings is 1. The van der Waals surface area contributed by atoms with Crippen molar-refractivity contribution >= 4 is 52.0 Å². The van der Waals surface area contributed by atoms with E-state index >= 15 is 0 Å². The Morgan fingerprint density at radius 2 is 1.58 bits per heavy atom. The predicted molar refractivity (Wildman–Crippen MR) is 111 cm³/mol. The molecule has 1 aromatic heterocycles. The maximum absolute atomic E-state index is 12.5. The number of benzene rings is 2. The molecule has 3 aromatic rings. The molecule has 3 nitrogen and oxygen atoms in total. The van der Waals surface area contributed by atoms with E-state index in [-0.39, 0.29) is 5.91 Å². The number of hydrogen-bond donors (Lipinski definition) is 1. The highest BCUT2D eigenvalue weighted by atomic mass is 35.5. The highest BCUT2D eigenvalue weighted by molar-refractivity contribution is 7.18. The summed E-state index contributed by atoms with van der Waals surface area (Å²) >= 11 is 19.8.